The van der Waals surface area contributed by atoms with Crippen molar-refractivity contribution in [2.24, 2.45) is 4.99 Å². The molecular formula is C32H45F3N8O3. The molecule has 0 saturated carbocycles. The molecule has 11 nitrogen and oxygen atoms in total. The summed E-state index contributed by atoms with van der Waals surface area (Å²) in [6.45, 7) is 11.1. The van der Waals surface area contributed by atoms with E-state index >= 15 is 0 Å². The van der Waals surface area contributed by atoms with Gasteiger partial charge in [-0.15, -0.1) is 5.10 Å². The number of rotatable bonds is 7. The molecule has 2 aliphatic heterocycles. The van der Waals surface area contributed by atoms with Crippen LogP contribution in [0.3, 0.4) is 0 Å². The largest absolute Gasteiger partial charge is 0.416 e. The second kappa shape index (κ2) is 14.7. The summed E-state index contributed by atoms with van der Waals surface area (Å²) in [6.07, 6.45) is -1.23. The fourth-order valence-electron chi connectivity index (χ4n) is 5.25. The Labute approximate surface area is 268 Å². The minimum Gasteiger partial charge on any atom is -0.379 e. The molecule has 0 spiro atoms. The van der Waals surface area contributed by atoms with Crippen molar-refractivity contribution in [1.29, 1.82) is 0 Å². The third-order valence-electron chi connectivity index (χ3n) is 7.85. The summed E-state index contributed by atoms with van der Waals surface area (Å²) in [5.41, 5.74) is 1.57. The quantitative estimate of drug-likeness (QED) is 0.201. The molecule has 46 heavy (non-hydrogen) atoms. The highest BCUT2D eigenvalue weighted by atomic mass is 19.4. The van der Waals surface area contributed by atoms with Crippen LogP contribution in [0.1, 0.15) is 56.4 Å². The summed E-state index contributed by atoms with van der Waals surface area (Å²) < 4.78 is 54.8. The van der Waals surface area contributed by atoms with Gasteiger partial charge in [0.05, 0.1) is 36.4 Å². The maximum Gasteiger partial charge on any atom is 0.416 e. The lowest BCUT2D eigenvalue weighted by Gasteiger charge is -2.32. The molecule has 2 fully saturated rings. The van der Waals surface area contributed by atoms with E-state index in [1.54, 1.807) is 35.9 Å². The van der Waals surface area contributed by atoms with Crippen molar-refractivity contribution in [3.8, 4) is 0 Å². The number of piperidine rings is 1. The number of fused-ring (bicyclic) bond motifs is 1. The molecule has 1 N–H and O–H groups in total. The second-order valence-corrected chi connectivity index (χ2v) is 12.6. The Morgan fingerprint density at radius 3 is 2.33 bits per heavy atom. The average Bonchev–Trinajstić information content (AvgIpc) is 3.34. The van der Waals surface area contributed by atoms with Gasteiger partial charge < -0.3 is 29.5 Å². The number of imidazole rings is 1. The molecule has 252 valence electrons. The Morgan fingerprint density at radius 1 is 1.11 bits per heavy atom. The summed E-state index contributed by atoms with van der Waals surface area (Å²) in [7, 11) is 5.44. The average molecular weight is 647 g/mol. The third kappa shape index (κ3) is 8.66. The molecule has 2 saturated heterocycles. The first-order valence-electron chi connectivity index (χ1n) is 15.4. The molecular weight excluding hydrogens is 601 g/mol. The predicted octanol–water partition coefficient (Wildman–Crippen LogP) is 5.63. The number of hydrogen-bond donors (Lipinski definition) is 1. The first-order valence-corrected chi connectivity index (χ1v) is 15.4. The number of nitrogens with one attached hydrogen (secondary N) is 1. The zero-order chi connectivity index (χ0) is 33.6. The number of amides is 1. The number of carbonyl (C=O) groups is 1. The molecule has 1 aromatic carbocycles. The van der Waals surface area contributed by atoms with E-state index in [9.17, 15) is 18.0 Å². The number of ether oxygens (including phenoxy) is 2. The van der Waals surface area contributed by atoms with E-state index in [1.165, 1.54) is 6.07 Å². The van der Waals surface area contributed by atoms with Gasteiger partial charge in [0, 0.05) is 59.1 Å². The maximum absolute atomic E-state index is 14.2. The predicted molar refractivity (Wildman–Crippen MR) is 174 cm³/mol. The number of methoxy groups -OCH3 is 1. The molecule has 1 amide bonds. The van der Waals surface area contributed by atoms with E-state index in [1.807, 2.05) is 45.8 Å². The van der Waals surface area contributed by atoms with Gasteiger partial charge in [0.2, 0.25) is 6.41 Å². The number of halogens is 3. The Bertz CT molecular complexity index is 1500. The minimum absolute atomic E-state index is 0.0417. The van der Waals surface area contributed by atoms with E-state index in [2.05, 4.69) is 15.2 Å². The van der Waals surface area contributed by atoms with Crippen LogP contribution in [0.2, 0.25) is 0 Å². The molecule has 4 heterocycles. The second-order valence-electron chi connectivity index (χ2n) is 12.6. The van der Waals surface area contributed by atoms with Crippen LogP contribution in [0.4, 0.5) is 36.2 Å². The number of aryl methyl sites for hydroxylation is 1. The maximum atomic E-state index is 14.2. The standard InChI is InChI=1S/C27H33F3N8O2.C5H12O/c1-18-25(33-21-6-4-5-20(27(28,29)30)24(21)19-7-9-36(17-39)10-8-19)38-26(32-18)22(31-16-35(2)3)15-23(34-38)37-11-13-40-14-12-37;1-5(2,3)6-4/h4-6,15-17,19,33H,7-14H2,1-3H3;1-4H3. The summed E-state index contributed by atoms with van der Waals surface area (Å²) >= 11 is 0. The van der Waals surface area contributed by atoms with Gasteiger partial charge in [0.25, 0.3) is 0 Å². The molecule has 2 aromatic heterocycles. The smallest absolute Gasteiger partial charge is 0.379 e. The van der Waals surface area contributed by atoms with Crippen molar-refractivity contribution in [1.82, 2.24) is 24.4 Å². The van der Waals surface area contributed by atoms with Crippen molar-refractivity contribution >= 4 is 41.4 Å². The van der Waals surface area contributed by atoms with Gasteiger partial charge in [0.15, 0.2) is 17.3 Å². The summed E-state index contributed by atoms with van der Waals surface area (Å²) in [5, 5.41) is 8.12. The number of carbonyl (C=O) groups excluding carboxylic acids is 1. The SMILES string of the molecule is COC(C)(C)C.Cc1nc2c(N=CN(C)C)cc(N3CCOCC3)nn2c1Nc1cccc(C(F)(F)F)c1C1CCN(C=O)CC1. The third-order valence-corrected chi connectivity index (χ3v) is 7.85. The van der Waals surface area contributed by atoms with E-state index in [0.29, 0.717) is 86.6 Å². The number of aromatic nitrogens is 3. The normalized spacial score (nSPS) is 16.5. The number of nitrogens with zero attached hydrogens (tertiary/aromatic N) is 7. The van der Waals surface area contributed by atoms with Gasteiger partial charge in [0.1, 0.15) is 5.69 Å². The summed E-state index contributed by atoms with van der Waals surface area (Å²) in [5.74, 6) is 0.776. The molecule has 14 heteroatoms. The molecule has 5 rings (SSSR count). The highest BCUT2D eigenvalue weighted by molar-refractivity contribution is 5.77. The van der Waals surface area contributed by atoms with Gasteiger partial charge >= 0.3 is 6.18 Å². The molecule has 0 radical (unpaired) electrons. The van der Waals surface area contributed by atoms with E-state index in [4.69, 9.17) is 19.6 Å². The van der Waals surface area contributed by atoms with Gasteiger partial charge in [-0.2, -0.15) is 17.7 Å². The zero-order valence-corrected chi connectivity index (χ0v) is 27.7. The Kier molecular flexibility index (Phi) is 11.1. The minimum atomic E-state index is -4.53. The van der Waals surface area contributed by atoms with Crippen LogP contribution in [0.5, 0.6) is 0 Å². The number of hydrogen-bond acceptors (Lipinski definition) is 8. The van der Waals surface area contributed by atoms with Crippen molar-refractivity contribution < 1.29 is 27.4 Å². The van der Waals surface area contributed by atoms with Crippen LogP contribution in [0.25, 0.3) is 5.65 Å². The summed E-state index contributed by atoms with van der Waals surface area (Å²) in [4.78, 5) is 26.0. The molecule has 0 unspecified atom stereocenters. The van der Waals surface area contributed by atoms with E-state index in [-0.39, 0.29) is 17.1 Å². The van der Waals surface area contributed by atoms with E-state index < -0.39 is 11.7 Å². The zero-order valence-electron chi connectivity index (χ0n) is 27.7. The van der Waals surface area contributed by atoms with E-state index in [0.717, 1.165) is 12.5 Å². The Morgan fingerprint density at radius 2 is 1.76 bits per heavy atom. The van der Waals surface area contributed by atoms with Crippen LogP contribution in [0, 0.1) is 6.92 Å². The number of anilines is 3. The van der Waals surface area contributed by atoms with Gasteiger partial charge in [-0.05, 0) is 64.2 Å². The number of likely N-dealkylation sites (tertiary alicyclic amines) is 1. The molecule has 0 atom stereocenters. The number of benzene rings is 1. The summed E-state index contributed by atoms with van der Waals surface area (Å²) in [6, 6.07) is 6.06. The van der Waals surface area contributed by atoms with Crippen LogP contribution in [0.15, 0.2) is 29.3 Å². The Hall–Kier alpha value is -3.91. The molecule has 0 bridgehead atoms. The number of aliphatic imine (C=N–C) groups is 1. The topological polar surface area (TPSA) is 99.8 Å². The molecule has 3 aromatic rings. The fraction of sp³-hybridized carbons (Fsp3) is 0.562. The highest BCUT2D eigenvalue weighted by Gasteiger charge is 2.37. The van der Waals surface area contributed by atoms with Crippen molar-refractivity contribution in [3.63, 3.8) is 0 Å². The highest BCUT2D eigenvalue weighted by Crippen LogP contribution is 2.43. The monoisotopic (exact) mass is 646 g/mol. The first kappa shape index (κ1) is 35.0. The Balaban J connectivity index is 0.000000731. The van der Waals surface area contributed by atoms with Crippen molar-refractivity contribution in [3.05, 3.63) is 41.1 Å². The fourth-order valence-corrected chi connectivity index (χ4v) is 5.25. The van der Waals surface area contributed by atoms with Crippen LogP contribution in [-0.4, -0.2) is 103 Å². The van der Waals surface area contributed by atoms with Crippen LogP contribution in [-0.2, 0) is 20.4 Å². The van der Waals surface area contributed by atoms with Gasteiger partial charge in [-0.1, -0.05) is 6.07 Å². The number of morpholine rings is 1. The first-order chi connectivity index (χ1) is 21.7. The lowest BCUT2D eigenvalue weighted by Crippen LogP contribution is -2.37. The molecule has 2 aliphatic rings. The van der Waals surface area contributed by atoms with Crippen molar-refractivity contribution in [2.45, 2.75) is 58.2 Å². The lowest BCUT2D eigenvalue weighted by molar-refractivity contribution is -0.138. The van der Waals surface area contributed by atoms with Crippen molar-refractivity contribution in [2.75, 3.05) is 70.8 Å². The van der Waals surface area contributed by atoms with Gasteiger partial charge in [-0.25, -0.2) is 9.98 Å². The van der Waals surface area contributed by atoms with Crippen LogP contribution >= 0.6 is 0 Å². The lowest BCUT2D eigenvalue weighted by atomic mass is 9.85. The van der Waals surface area contributed by atoms with Crippen LogP contribution < -0.4 is 10.2 Å². The van der Waals surface area contributed by atoms with Gasteiger partial charge in [-0.3, -0.25) is 4.79 Å². The number of alkyl halides is 3. The molecule has 0 aliphatic carbocycles.